The number of anilines is 1. The van der Waals surface area contributed by atoms with E-state index in [0.29, 0.717) is 22.5 Å². The average Bonchev–Trinajstić information content (AvgIpc) is 3.01. The standard InChI is InChI=1S/C27H21N5O.2C2HF3O2/c1-18-9-14-25(26(31-18)21-7-4-5-19(15-21)17-30-29)27(33)32-23-12-10-20(11-13-23)24-8-3-2-6-22(24)16-28;2*3-2(4,5)1(6)7/h2-15,17H,29H2,1H3,(H,32,33);2*(H,6,7). The molecule has 10 nitrogen and oxygen atoms in total. The highest BCUT2D eigenvalue weighted by Gasteiger charge is 2.38. The third kappa shape index (κ3) is 11.3. The van der Waals surface area contributed by atoms with Gasteiger partial charge in [-0.3, -0.25) is 9.78 Å². The number of rotatable bonds is 5. The van der Waals surface area contributed by atoms with Gasteiger partial charge in [-0.05, 0) is 60.0 Å². The van der Waals surface area contributed by atoms with E-state index in [1.165, 1.54) is 0 Å². The number of alkyl halides is 6. The quantitative estimate of drug-likeness (QED) is 0.0822. The van der Waals surface area contributed by atoms with Gasteiger partial charge in [0.05, 0.1) is 29.1 Å². The lowest BCUT2D eigenvalue weighted by Gasteiger charge is -2.12. The number of nitrogens with two attached hydrogens (primary N) is 1. The van der Waals surface area contributed by atoms with Crippen LogP contribution in [0.2, 0.25) is 0 Å². The molecule has 4 rings (SSSR count). The number of carboxylic acid groups (broad SMARTS) is 2. The van der Waals surface area contributed by atoms with Crippen LogP contribution in [0.5, 0.6) is 0 Å². The van der Waals surface area contributed by atoms with E-state index < -0.39 is 24.3 Å². The van der Waals surface area contributed by atoms with E-state index in [-0.39, 0.29) is 5.91 Å². The number of carbonyl (C=O) groups is 3. The molecule has 1 heterocycles. The number of aromatic nitrogens is 1. The Morgan fingerprint density at radius 1 is 0.851 bits per heavy atom. The van der Waals surface area contributed by atoms with E-state index in [1.807, 2.05) is 79.7 Å². The number of hydrogen-bond donors (Lipinski definition) is 4. The fourth-order valence-corrected chi connectivity index (χ4v) is 3.58. The van der Waals surface area contributed by atoms with Gasteiger partial charge >= 0.3 is 24.3 Å². The fourth-order valence-electron chi connectivity index (χ4n) is 3.58. The average molecular weight is 660 g/mol. The van der Waals surface area contributed by atoms with Gasteiger partial charge in [0, 0.05) is 16.9 Å². The van der Waals surface area contributed by atoms with Crippen LogP contribution in [0.1, 0.15) is 27.2 Å². The summed E-state index contributed by atoms with van der Waals surface area (Å²) in [4.78, 5) is 35.5. The zero-order chi connectivity index (χ0) is 35.4. The summed E-state index contributed by atoms with van der Waals surface area (Å²) < 4.78 is 63.5. The van der Waals surface area contributed by atoms with Crippen LogP contribution in [-0.2, 0) is 9.59 Å². The molecule has 0 radical (unpaired) electrons. The van der Waals surface area contributed by atoms with Gasteiger partial charge in [0.25, 0.3) is 5.91 Å². The normalized spacial score (nSPS) is 10.9. The number of halogens is 6. The van der Waals surface area contributed by atoms with Gasteiger partial charge in [-0.1, -0.05) is 48.5 Å². The van der Waals surface area contributed by atoms with E-state index in [9.17, 15) is 36.4 Å². The maximum Gasteiger partial charge on any atom is 0.490 e. The number of aryl methyl sites for hydroxylation is 1. The Morgan fingerprint density at radius 2 is 1.43 bits per heavy atom. The maximum atomic E-state index is 13.1. The van der Waals surface area contributed by atoms with Crippen molar-refractivity contribution < 1.29 is 50.9 Å². The molecule has 16 heteroatoms. The molecule has 0 aliphatic heterocycles. The Hall–Kier alpha value is -6.24. The minimum atomic E-state index is -5.08. The minimum absolute atomic E-state index is 0.263. The molecule has 1 aromatic heterocycles. The van der Waals surface area contributed by atoms with Gasteiger partial charge in [-0.15, -0.1) is 0 Å². The molecular weight excluding hydrogens is 636 g/mol. The number of nitriles is 1. The second-order valence-corrected chi connectivity index (χ2v) is 9.05. The van der Waals surface area contributed by atoms with Gasteiger partial charge in [-0.25, -0.2) is 9.59 Å². The lowest BCUT2D eigenvalue weighted by Crippen LogP contribution is -2.21. The molecule has 0 saturated carbocycles. The highest BCUT2D eigenvalue weighted by Crippen LogP contribution is 2.27. The van der Waals surface area contributed by atoms with Crippen LogP contribution in [0.4, 0.5) is 32.0 Å². The van der Waals surface area contributed by atoms with Crippen molar-refractivity contribution in [3.8, 4) is 28.5 Å². The summed E-state index contributed by atoms with van der Waals surface area (Å²) in [5.74, 6) is -0.502. The van der Waals surface area contributed by atoms with Crippen molar-refractivity contribution in [3.05, 3.63) is 107 Å². The number of nitrogens with one attached hydrogen (secondary N) is 1. The van der Waals surface area contributed by atoms with Crippen molar-refractivity contribution in [2.45, 2.75) is 19.3 Å². The Bertz CT molecular complexity index is 1780. The molecule has 47 heavy (non-hydrogen) atoms. The number of benzene rings is 3. The Balaban J connectivity index is 0.000000459. The highest BCUT2D eigenvalue weighted by atomic mass is 19.4. The first kappa shape index (κ1) is 36.9. The number of hydrazone groups is 1. The Kier molecular flexibility index (Phi) is 12.7. The van der Waals surface area contributed by atoms with E-state index in [4.69, 9.17) is 25.6 Å². The Labute approximate surface area is 262 Å². The molecule has 1 amide bonds. The van der Waals surface area contributed by atoms with Gasteiger partial charge in [0.15, 0.2) is 0 Å². The van der Waals surface area contributed by atoms with Crippen molar-refractivity contribution in [3.63, 3.8) is 0 Å². The number of hydrogen-bond acceptors (Lipinski definition) is 7. The number of pyridine rings is 1. The molecule has 0 fully saturated rings. The molecule has 0 saturated heterocycles. The summed E-state index contributed by atoms with van der Waals surface area (Å²) in [6.45, 7) is 1.88. The first-order valence-corrected chi connectivity index (χ1v) is 12.8. The third-order valence-electron chi connectivity index (χ3n) is 5.65. The zero-order valence-electron chi connectivity index (χ0n) is 24.0. The van der Waals surface area contributed by atoms with Gasteiger partial charge in [0.2, 0.25) is 0 Å². The fraction of sp³-hybridized carbons (Fsp3) is 0.0968. The predicted octanol–water partition coefficient (Wildman–Crippen LogP) is 6.41. The van der Waals surface area contributed by atoms with Crippen molar-refractivity contribution in [1.82, 2.24) is 4.98 Å². The van der Waals surface area contributed by atoms with E-state index >= 15 is 0 Å². The second-order valence-electron chi connectivity index (χ2n) is 9.05. The summed E-state index contributed by atoms with van der Waals surface area (Å²) in [5, 5.41) is 30.1. The largest absolute Gasteiger partial charge is 0.490 e. The SMILES string of the molecule is Cc1ccc(C(=O)Nc2ccc(-c3ccccc3C#N)cc2)c(-c2cccc(C=NN)c2)n1.O=C(O)C(F)(F)F.O=C(O)C(F)(F)F. The summed E-state index contributed by atoms with van der Waals surface area (Å²) in [6, 6.07) is 28.1. The van der Waals surface area contributed by atoms with Crippen molar-refractivity contribution in [2.75, 3.05) is 5.32 Å². The smallest absolute Gasteiger partial charge is 0.475 e. The molecule has 0 aliphatic rings. The van der Waals surface area contributed by atoms with Gasteiger partial charge < -0.3 is 21.4 Å². The zero-order valence-corrected chi connectivity index (χ0v) is 24.0. The van der Waals surface area contributed by atoms with E-state index in [2.05, 4.69) is 21.5 Å². The Morgan fingerprint density at radius 3 is 1.96 bits per heavy atom. The molecule has 0 bridgehead atoms. The van der Waals surface area contributed by atoms with E-state index in [0.717, 1.165) is 27.9 Å². The molecule has 4 aromatic rings. The number of carboxylic acids is 2. The molecule has 3 aromatic carbocycles. The van der Waals surface area contributed by atoms with Crippen LogP contribution in [0, 0.1) is 18.3 Å². The molecule has 0 aliphatic carbocycles. The summed E-state index contributed by atoms with van der Waals surface area (Å²) >= 11 is 0. The lowest BCUT2D eigenvalue weighted by atomic mass is 10.00. The first-order chi connectivity index (χ1) is 22.0. The summed E-state index contributed by atoms with van der Waals surface area (Å²) in [6.07, 6.45) is -8.62. The molecule has 0 atom stereocenters. The monoisotopic (exact) mass is 659 g/mol. The minimum Gasteiger partial charge on any atom is -0.475 e. The second kappa shape index (κ2) is 16.2. The lowest BCUT2D eigenvalue weighted by molar-refractivity contribution is -0.193. The molecule has 244 valence electrons. The van der Waals surface area contributed by atoms with Crippen LogP contribution in [0.3, 0.4) is 0 Å². The van der Waals surface area contributed by atoms with Crippen molar-refractivity contribution in [1.29, 1.82) is 5.26 Å². The number of aliphatic carboxylic acids is 2. The van der Waals surface area contributed by atoms with Crippen molar-refractivity contribution in [2.24, 2.45) is 10.9 Å². The van der Waals surface area contributed by atoms with Crippen molar-refractivity contribution >= 4 is 29.7 Å². The van der Waals surface area contributed by atoms with Crippen LogP contribution in [0.15, 0.2) is 90.0 Å². The molecule has 0 spiro atoms. The molecular formula is C31H23F6N5O5. The molecule has 5 N–H and O–H groups in total. The van der Waals surface area contributed by atoms with Gasteiger partial charge in [-0.2, -0.15) is 36.7 Å². The third-order valence-corrected chi connectivity index (χ3v) is 5.65. The van der Waals surface area contributed by atoms with Crippen LogP contribution in [0.25, 0.3) is 22.4 Å². The predicted molar refractivity (Wildman–Crippen MR) is 158 cm³/mol. The molecule has 0 unspecified atom stereocenters. The van der Waals surface area contributed by atoms with Crippen LogP contribution < -0.4 is 11.2 Å². The number of nitrogens with zero attached hydrogens (tertiary/aromatic N) is 3. The van der Waals surface area contributed by atoms with Crippen LogP contribution in [-0.4, -0.2) is 51.6 Å². The maximum absolute atomic E-state index is 13.1. The topological polar surface area (TPSA) is 179 Å². The number of carbonyl (C=O) groups excluding carboxylic acids is 1. The van der Waals surface area contributed by atoms with Crippen LogP contribution >= 0.6 is 0 Å². The van der Waals surface area contributed by atoms with E-state index in [1.54, 1.807) is 18.3 Å². The number of amides is 1. The summed E-state index contributed by atoms with van der Waals surface area (Å²) in [5.41, 5.74) is 6.47. The highest BCUT2D eigenvalue weighted by molar-refractivity contribution is 6.08. The summed E-state index contributed by atoms with van der Waals surface area (Å²) in [7, 11) is 0. The van der Waals surface area contributed by atoms with Gasteiger partial charge in [0.1, 0.15) is 0 Å². The first-order valence-electron chi connectivity index (χ1n) is 12.8.